The van der Waals surface area contributed by atoms with Crippen LogP contribution >= 0.6 is 11.6 Å². The number of aromatic nitrogens is 2. The molecule has 1 aromatic carbocycles. The number of nitrogens with one attached hydrogen (secondary N) is 2. The van der Waals surface area contributed by atoms with E-state index in [1.54, 1.807) is 47.0 Å². The summed E-state index contributed by atoms with van der Waals surface area (Å²) in [7, 11) is 0. The SMILES string of the molecule is NC(=O)CCNC(=O)c1ccccc1NC(=O)/C=C/c1c(Cl)nc2ccccn12. The number of pyridine rings is 1. The van der Waals surface area contributed by atoms with Crippen molar-refractivity contribution in [2.24, 2.45) is 5.73 Å². The minimum Gasteiger partial charge on any atom is -0.370 e. The molecule has 3 amide bonds. The molecule has 0 bridgehead atoms. The molecule has 0 fully saturated rings. The highest BCUT2D eigenvalue weighted by Gasteiger charge is 2.13. The van der Waals surface area contributed by atoms with Gasteiger partial charge in [0.1, 0.15) is 5.65 Å². The van der Waals surface area contributed by atoms with Crippen molar-refractivity contribution in [3.8, 4) is 0 Å². The average molecular weight is 412 g/mol. The summed E-state index contributed by atoms with van der Waals surface area (Å²) < 4.78 is 1.76. The zero-order valence-electron chi connectivity index (χ0n) is 15.3. The summed E-state index contributed by atoms with van der Waals surface area (Å²) in [4.78, 5) is 39.7. The Morgan fingerprint density at radius 3 is 2.69 bits per heavy atom. The summed E-state index contributed by atoms with van der Waals surface area (Å²) in [6, 6.07) is 12.0. The van der Waals surface area contributed by atoms with Crippen molar-refractivity contribution in [1.29, 1.82) is 0 Å². The van der Waals surface area contributed by atoms with Crippen molar-refractivity contribution in [2.45, 2.75) is 6.42 Å². The predicted octanol–water partition coefficient (Wildman–Crippen LogP) is 2.24. The topological polar surface area (TPSA) is 119 Å². The molecule has 0 saturated heterocycles. The first-order valence-corrected chi connectivity index (χ1v) is 9.10. The van der Waals surface area contributed by atoms with Crippen LogP contribution in [0, 0.1) is 0 Å². The van der Waals surface area contributed by atoms with Crippen LogP contribution in [0.5, 0.6) is 0 Å². The van der Waals surface area contributed by atoms with E-state index in [4.69, 9.17) is 17.3 Å². The monoisotopic (exact) mass is 411 g/mol. The molecule has 0 aliphatic carbocycles. The number of amides is 3. The lowest BCUT2D eigenvalue weighted by Crippen LogP contribution is -2.28. The Bertz CT molecular complexity index is 1110. The summed E-state index contributed by atoms with van der Waals surface area (Å²) >= 11 is 6.15. The molecule has 0 atom stereocenters. The molecular formula is C20H18ClN5O3. The molecule has 148 valence electrons. The van der Waals surface area contributed by atoms with E-state index in [1.807, 2.05) is 12.1 Å². The summed E-state index contributed by atoms with van der Waals surface area (Å²) in [5, 5.41) is 5.53. The Balaban J connectivity index is 1.72. The van der Waals surface area contributed by atoms with Gasteiger partial charge in [-0.05, 0) is 30.3 Å². The van der Waals surface area contributed by atoms with Crippen molar-refractivity contribution < 1.29 is 14.4 Å². The summed E-state index contributed by atoms with van der Waals surface area (Å²) in [5.74, 6) is -1.37. The van der Waals surface area contributed by atoms with Crippen molar-refractivity contribution in [1.82, 2.24) is 14.7 Å². The molecule has 9 heteroatoms. The van der Waals surface area contributed by atoms with E-state index in [0.717, 1.165) is 0 Å². The normalized spacial score (nSPS) is 10.9. The number of primary amides is 1. The molecule has 0 aliphatic rings. The van der Waals surface area contributed by atoms with Gasteiger partial charge in [0.05, 0.1) is 16.9 Å². The Hall–Kier alpha value is -3.65. The fourth-order valence-corrected chi connectivity index (χ4v) is 2.89. The van der Waals surface area contributed by atoms with Crippen molar-refractivity contribution >= 4 is 46.7 Å². The predicted molar refractivity (Wildman–Crippen MR) is 110 cm³/mol. The second kappa shape index (κ2) is 9.03. The second-order valence-corrected chi connectivity index (χ2v) is 6.42. The van der Waals surface area contributed by atoms with E-state index in [2.05, 4.69) is 15.6 Å². The molecule has 29 heavy (non-hydrogen) atoms. The van der Waals surface area contributed by atoms with Crippen molar-refractivity contribution in [2.75, 3.05) is 11.9 Å². The van der Waals surface area contributed by atoms with E-state index < -0.39 is 17.7 Å². The molecule has 2 heterocycles. The number of fused-ring (bicyclic) bond motifs is 1. The zero-order valence-corrected chi connectivity index (χ0v) is 16.0. The third-order valence-electron chi connectivity index (χ3n) is 4.00. The molecule has 0 aliphatic heterocycles. The van der Waals surface area contributed by atoms with Gasteiger partial charge in [-0.1, -0.05) is 29.8 Å². The molecule has 2 aromatic heterocycles. The lowest BCUT2D eigenvalue weighted by Gasteiger charge is -2.10. The van der Waals surface area contributed by atoms with Crippen molar-refractivity contribution in [3.05, 3.63) is 71.1 Å². The first-order chi connectivity index (χ1) is 14.0. The third-order valence-corrected chi connectivity index (χ3v) is 4.28. The number of nitrogens with two attached hydrogens (primary N) is 1. The first kappa shape index (κ1) is 20.1. The molecular weight excluding hydrogens is 394 g/mol. The number of nitrogens with zero attached hydrogens (tertiary/aromatic N) is 2. The fourth-order valence-electron chi connectivity index (χ4n) is 2.65. The lowest BCUT2D eigenvalue weighted by molar-refractivity contribution is -0.118. The van der Waals surface area contributed by atoms with Crippen LogP contribution in [0.3, 0.4) is 0 Å². The minimum absolute atomic E-state index is 0.0308. The van der Waals surface area contributed by atoms with Crippen LogP contribution in [0.1, 0.15) is 22.5 Å². The number of anilines is 1. The molecule has 0 spiro atoms. The molecule has 4 N–H and O–H groups in total. The van der Waals surface area contributed by atoms with E-state index in [0.29, 0.717) is 17.0 Å². The van der Waals surface area contributed by atoms with E-state index in [9.17, 15) is 14.4 Å². The van der Waals surface area contributed by atoms with Crippen LogP contribution < -0.4 is 16.4 Å². The van der Waals surface area contributed by atoms with E-state index >= 15 is 0 Å². The Labute approximate surface area is 171 Å². The molecule has 8 nitrogen and oxygen atoms in total. The highest BCUT2D eigenvalue weighted by molar-refractivity contribution is 6.31. The Morgan fingerprint density at radius 1 is 1.14 bits per heavy atom. The van der Waals surface area contributed by atoms with Gasteiger partial charge in [-0.3, -0.25) is 18.8 Å². The maximum Gasteiger partial charge on any atom is 0.253 e. The highest BCUT2D eigenvalue weighted by Crippen LogP contribution is 2.19. The van der Waals surface area contributed by atoms with Crippen LogP contribution in [0.4, 0.5) is 5.69 Å². The van der Waals surface area contributed by atoms with Gasteiger partial charge >= 0.3 is 0 Å². The van der Waals surface area contributed by atoms with Crippen LogP contribution in [-0.2, 0) is 9.59 Å². The minimum atomic E-state index is -0.511. The van der Waals surface area contributed by atoms with E-state index in [1.165, 1.54) is 6.08 Å². The molecule has 0 saturated carbocycles. The van der Waals surface area contributed by atoms with E-state index in [-0.39, 0.29) is 23.7 Å². The number of hydrogen-bond donors (Lipinski definition) is 3. The van der Waals surface area contributed by atoms with Gasteiger partial charge in [0.2, 0.25) is 11.8 Å². The molecule has 0 radical (unpaired) electrons. The lowest BCUT2D eigenvalue weighted by atomic mass is 10.1. The standard InChI is InChI=1S/C20H18ClN5O3/c21-19-15(26-12-4-3-7-17(26)25-19)8-9-18(28)24-14-6-2-1-5-13(14)20(29)23-11-10-16(22)27/h1-9,12H,10-11H2,(H2,22,27)(H,23,29)(H,24,28)/b9-8+. The number of hydrogen-bond acceptors (Lipinski definition) is 4. The number of benzene rings is 1. The smallest absolute Gasteiger partial charge is 0.253 e. The number of rotatable bonds is 7. The maximum absolute atomic E-state index is 12.4. The number of halogens is 1. The number of carbonyl (C=O) groups is 3. The molecule has 3 rings (SSSR count). The van der Waals surface area contributed by atoms with Gasteiger partial charge in [-0.25, -0.2) is 4.98 Å². The van der Waals surface area contributed by atoms with Gasteiger partial charge in [0.25, 0.3) is 5.91 Å². The summed E-state index contributed by atoms with van der Waals surface area (Å²) in [6.45, 7) is 0.114. The highest BCUT2D eigenvalue weighted by atomic mass is 35.5. The molecule has 3 aromatic rings. The second-order valence-electron chi connectivity index (χ2n) is 6.06. The van der Waals surface area contributed by atoms with Gasteiger partial charge in [0, 0.05) is 25.2 Å². The van der Waals surface area contributed by atoms with Crippen LogP contribution in [0.15, 0.2) is 54.7 Å². The first-order valence-electron chi connectivity index (χ1n) is 8.73. The number of para-hydroxylation sites is 1. The number of imidazole rings is 1. The van der Waals surface area contributed by atoms with Crippen LogP contribution in [0.25, 0.3) is 11.7 Å². The fraction of sp³-hybridized carbons (Fsp3) is 0.100. The maximum atomic E-state index is 12.4. The Kier molecular flexibility index (Phi) is 6.25. The van der Waals surface area contributed by atoms with Gasteiger partial charge in [-0.15, -0.1) is 0 Å². The quantitative estimate of drug-likeness (QED) is 0.516. The largest absolute Gasteiger partial charge is 0.370 e. The van der Waals surface area contributed by atoms with Gasteiger partial charge in [-0.2, -0.15) is 0 Å². The van der Waals surface area contributed by atoms with Crippen LogP contribution in [0.2, 0.25) is 5.15 Å². The number of carbonyl (C=O) groups excluding carboxylic acids is 3. The van der Waals surface area contributed by atoms with Crippen molar-refractivity contribution in [3.63, 3.8) is 0 Å². The summed E-state index contributed by atoms with van der Waals surface area (Å²) in [6.07, 6.45) is 4.68. The van der Waals surface area contributed by atoms with Gasteiger partial charge < -0.3 is 16.4 Å². The van der Waals surface area contributed by atoms with Gasteiger partial charge in [0.15, 0.2) is 5.15 Å². The molecule has 0 unspecified atom stereocenters. The third kappa shape index (κ3) is 4.99. The van der Waals surface area contributed by atoms with Crippen LogP contribution in [-0.4, -0.2) is 33.7 Å². The Morgan fingerprint density at radius 2 is 1.90 bits per heavy atom. The average Bonchev–Trinajstić information content (AvgIpc) is 3.01. The summed E-state index contributed by atoms with van der Waals surface area (Å²) in [5.41, 5.74) is 6.89. The zero-order chi connectivity index (χ0) is 20.8.